The van der Waals surface area contributed by atoms with Crippen molar-refractivity contribution in [3.05, 3.63) is 48.0 Å². The standard InChI is InChI=1S/C21H23F2N3O4/c22-21(23)30-17-4-2-1-3-16(17)24-20(27)13-26-9-7-25(8-10-26)12-15-5-6-18-19(11-15)29-14-28-18/h1-6,11,21H,7-10,12-14H2,(H,24,27). The Morgan fingerprint density at radius 1 is 1.03 bits per heavy atom. The van der Waals surface area contributed by atoms with Crippen molar-refractivity contribution >= 4 is 11.6 Å². The van der Waals surface area contributed by atoms with E-state index >= 15 is 0 Å². The Hall–Kier alpha value is -2.91. The molecule has 0 aliphatic carbocycles. The van der Waals surface area contributed by atoms with Gasteiger partial charge in [-0.2, -0.15) is 8.78 Å². The number of carbonyl (C=O) groups is 1. The molecule has 160 valence electrons. The molecule has 0 bridgehead atoms. The normalized spacial score (nSPS) is 16.6. The summed E-state index contributed by atoms with van der Waals surface area (Å²) in [5.41, 5.74) is 1.39. The van der Waals surface area contributed by atoms with Gasteiger partial charge in [-0.05, 0) is 29.8 Å². The first-order valence-corrected chi connectivity index (χ1v) is 9.74. The fraction of sp³-hybridized carbons (Fsp3) is 0.381. The van der Waals surface area contributed by atoms with Crippen LogP contribution in [0.25, 0.3) is 0 Å². The summed E-state index contributed by atoms with van der Waals surface area (Å²) in [6, 6.07) is 12.1. The Labute approximate surface area is 173 Å². The summed E-state index contributed by atoms with van der Waals surface area (Å²) in [6.07, 6.45) is 0. The Balaban J connectivity index is 1.24. The van der Waals surface area contributed by atoms with Gasteiger partial charge in [-0.3, -0.25) is 14.6 Å². The molecule has 30 heavy (non-hydrogen) atoms. The van der Waals surface area contributed by atoms with Gasteiger partial charge in [0, 0.05) is 32.7 Å². The molecule has 1 fully saturated rings. The summed E-state index contributed by atoms with van der Waals surface area (Å²) < 4.78 is 40.2. The van der Waals surface area contributed by atoms with Crippen molar-refractivity contribution in [2.45, 2.75) is 13.2 Å². The minimum absolute atomic E-state index is 0.0469. The van der Waals surface area contributed by atoms with Gasteiger partial charge < -0.3 is 19.5 Å². The number of para-hydroxylation sites is 2. The number of carbonyl (C=O) groups excluding carboxylic acids is 1. The number of nitrogens with one attached hydrogen (secondary N) is 1. The molecule has 1 saturated heterocycles. The highest BCUT2D eigenvalue weighted by Crippen LogP contribution is 2.33. The molecule has 0 spiro atoms. The van der Waals surface area contributed by atoms with Crippen LogP contribution >= 0.6 is 0 Å². The number of nitrogens with zero attached hydrogens (tertiary/aromatic N) is 2. The molecule has 2 aromatic rings. The SMILES string of the molecule is O=C(CN1CCN(Cc2ccc3c(c2)OCO3)CC1)Nc1ccccc1OC(F)F. The van der Waals surface area contributed by atoms with Gasteiger partial charge in [0.05, 0.1) is 12.2 Å². The zero-order valence-corrected chi connectivity index (χ0v) is 16.4. The van der Waals surface area contributed by atoms with E-state index in [9.17, 15) is 13.6 Å². The van der Waals surface area contributed by atoms with Crippen LogP contribution in [0.1, 0.15) is 5.56 Å². The Bertz CT molecular complexity index is 888. The molecule has 2 aliphatic rings. The molecule has 0 unspecified atom stereocenters. The van der Waals surface area contributed by atoms with E-state index in [1.165, 1.54) is 6.07 Å². The molecule has 2 aromatic carbocycles. The number of anilines is 1. The summed E-state index contributed by atoms with van der Waals surface area (Å²) in [5.74, 6) is 1.24. The van der Waals surface area contributed by atoms with Gasteiger partial charge in [-0.25, -0.2) is 0 Å². The van der Waals surface area contributed by atoms with Gasteiger partial charge >= 0.3 is 6.61 Å². The van der Waals surface area contributed by atoms with E-state index in [-0.39, 0.29) is 30.7 Å². The smallest absolute Gasteiger partial charge is 0.387 e. The number of amides is 1. The number of ether oxygens (including phenoxy) is 3. The van der Waals surface area contributed by atoms with E-state index in [1.54, 1.807) is 18.2 Å². The maximum atomic E-state index is 12.5. The minimum atomic E-state index is -2.94. The lowest BCUT2D eigenvalue weighted by Gasteiger charge is -2.34. The number of alkyl halides is 2. The Kier molecular flexibility index (Phi) is 6.29. The van der Waals surface area contributed by atoms with Crippen molar-refractivity contribution in [2.75, 3.05) is 44.8 Å². The molecule has 9 heteroatoms. The predicted octanol–water partition coefficient (Wildman–Crippen LogP) is 2.77. The van der Waals surface area contributed by atoms with Crippen molar-refractivity contribution in [1.82, 2.24) is 9.80 Å². The number of benzene rings is 2. The average molecular weight is 419 g/mol. The van der Waals surface area contributed by atoms with Gasteiger partial charge in [0.2, 0.25) is 12.7 Å². The van der Waals surface area contributed by atoms with Crippen LogP contribution < -0.4 is 19.5 Å². The first-order chi connectivity index (χ1) is 14.6. The van der Waals surface area contributed by atoms with E-state index in [0.29, 0.717) is 0 Å². The quantitative estimate of drug-likeness (QED) is 0.745. The Morgan fingerprint density at radius 3 is 2.57 bits per heavy atom. The summed E-state index contributed by atoms with van der Waals surface area (Å²) in [6.45, 7) is 1.45. The van der Waals surface area contributed by atoms with Crippen LogP contribution in [0, 0.1) is 0 Å². The molecule has 2 heterocycles. The second-order valence-electron chi connectivity index (χ2n) is 7.16. The highest BCUT2D eigenvalue weighted by molar-refractivity contribution is 5.93. The fourth-order valence-corrected chi connectivity index (χ4v) is 3.56. The highest BCUT2D eigenvalue weighted by atomic mass is 19.3. The highest BCUT2D eigenvalue weighted by Gasteiger charge is 2.21. The molecule has 0 radical (unpaired) electrons. The molecular weight excluding hydrogens is 396 g/mol. The van der Waals surface area contributed by atoms with Gasteiger partial charge in [0.25, 0.3) is 0 Å². The number of hydrogen-bond acceptors (Lipinski definition) is 6. The van der Waals surface area contributed by atoms with Crippen LogP contribution in [0.15, 0.2) is 42.5 Å². The lowest BCUT2D eigenvalue weighted by Crippen LogP contribution is -2.48. The monoisotopic (exact) mass is 419 g/mol. The topological polar surface area (TPSA) is 63.3 Å². The van der Waals surface area contributed by atoms with E-state index < -0.39 is 6.61 Å². The van der Waals surface area contributed by atoms with E-state index in [2.05, 4.69) is 15.0 Å². The largest absolute Gasteiger partial charge is 0.454 e. The van der Waals surface area contributed by atoms with E-state index in [4.69, 9.17) is 9.47 Å². The molecule has 1 amide bonds. The number of fused-ring (bicyclic) bond motifs is 1. The van der Waals surface area contributed by atoms with Gasteiger partial charge in [-0.15, -0.1) is 0 Å². The van der Waals surface area contributed by atoms with Crippen LogP contribution in [-0.4, -0.2) is 61.8 Å². The second-order valence-corrected chi connectivity index (χ2v) is 7.16. The maximum absolute atomic E-state index is 12.5. The molecule has 7 nitrogen and oxygen atoms in total. The molecule has 1 N–H and O–H groups in total. The predicted molar refractivity (Wildman–Crippen MR) is 106 cm³/mol. The third-order valence-electron chi connectivity index (χ3n) is 5.05. The van der Waals surface area contributed by atoms with Crippen molar-refractivity contribution in [1.29, 1.82) is 0 Å². The van der Waals surface area contributed by atoms with Gasteiger partial charge in [-0.1, -0.05) is 18.2 Å². The summed E-state index contributed by atoms with van der Waals surface area (Å²) >= 11 is 0. The summed E-state index contributed by atoms with van der Waals surface area (Å²) in [7, 11) is 0. The number of hydrogen-bond donors (Lipinski definition) is 1. The lowest BCUT2D eigenvalue weighted by atomic mass is 10.1. The zero-order valence-electron chi connectivity index (χ0n) is 16.4. The van der Waals surface area contributed by atoms with Crippen LogP contribution in [0.2, 0.25) is 0 Å². The first-order valence-electron chi connectivity index (χ1n) is 9.74. The van der Waals surface area contributed by atoms with E-state index in [1.807, 2.05) is 23.1 Å². The summed E-state index contributed by atoms with van der Waals surface area (Å²) in [5, 5.41) is 2.66. The molecule has 0 saturated carbocycles. The zero-order chi connectivity index (χ0) is 20.9. The van der Waals surface area contributed by atoms with Gasteiger partial charge in [0.1, 0.15) is 5.75 Å². The molecular formula is C21H23F2N3O4. The maximum Gasteiger partial charge on any atom is 0.387 e. The van der Waals surface area contributed by atoms with Crippen molar-refractivity contribution < 1.29 is 27.8 Å². The Morgan fingerprint density at radius 2 is 1.77 bits per heavy atom. The number of piperazine rings is 1. The molecule has 0 aromatic heterocycles. The van der Waals surface area contributed by atoms with Crippen LogP contribution in [0.3, 0.4) is 0 Å². The summed E-state index contributed by atoms with van der Waals surface area (Å²) in [4.78, 5) is 16.7. The van der Waals surface area contributed by atoms with Gasteiger partial charge in [0.15, 0.2) is 11.5 Å². The third-order valence-corrected chi connectivity index (χ3v) is 5.05. The van der Waals surface area contributed by atoms with Crippen molar-refractivity contribution in [3.8, 4) is 17.2 Å². The third kappa shape index (κ3) is 5.17. The first kappa shape index (κ1) is 20.4. The second kappa shape index (κ2) is 9.27. The van der Waals surface area contributed by atoms with Crippen molar-refractivity contribution in [3.63, 3.8) is 0 Å². The molecule has 4 rings (SSSR count). The van der Waals surface area contributed by atoms with Crippen LogP contribution in [0.5, 0.6) is 17.2 Å². The average Bonchev–Trinajstić information content (AvgIpc) is 3.18. The number of rotatable bonds is 7. The van der Waals surface area contributed by atoms with Crippen LogP contribution in [-0.2, 0) is 11.3 Å². The minimum Gasteiger partial charge on any atom is -0.454 e. The number of halogens is 2. The van der Waals surface area contributed by atoms with E-state index in [0.717, 1.165) is 49.8 Å². The van der Waals surface area contributed by atoms with Crippen molar-refractivity contribution in [2.24, 2.45) is 0 Å². The molecule has 0 atom stereocenters. The van der Waals surface area contributed by atoms with Crippen LogP contribution in [0.4, 0.5) is 14.5 Å². The lowest BCUT2D eigenvalue weighted by molar-refractivity contribution is -0.117. The molecule has 2 aliphatic heterocycles. The fourth-order valence-electron chi connectivity index (χ4n) is 3.56.